The van der Waals surface area contributed by atoms with Crippen LogP contribution in [0.1, 0.15) is 0 Å². The molecule has 136 valence electrons. The van der Waals surface area contributed by atoms with Crippen LogP contribution in [0.5, 0.6) is 5.75 Å². The minimum absolute atomic E-state index is 0.0208. The first-order valence-electron chi connectivity index (χ1n) is 7.46. The quantitative estimate of drug-likeness (QED) is 0.641. The topological polar surface area (TPSA) is 86.1 Å². The lowest BCUT2D eigenvalue weighted by molar-refractivity contribution is 0.291. The lowest BCUT2D eigenvalue weighted by atomic mass is 10.3. The molecule has 0 fully saturated rings. The van der Waals surface area contributed by atoms with Crippen molar-refractivity contribution >= 4 is 38.9 Å². The molecule has 3 rings (SSSR count). The minimum atomic E-state index is -3.83. The van der Waals surface area contributed by atoms with Gasteiger partial charge in [0.2, 0.25) is 0 Å². The van der Waals surface area contributed by atoms with E-state index in [2.05, 4.69) is 14.8 Å². The Balaban J connectivity index is 1.69. The van der Waals surface area contributed by atoms with Crippen LogP contribution in [-0.2, 0) is 16.6 Å². The number of ether oxygens (including phenoxy) is 1. The summed E-state index contributed by atoms with van der Waals surface area (Å²) in [4.78, 5) is 3.82. The Morgan fingerprint density at radius 3 is 2.58 bits per heavy atom. The number of sulfonamides is 1. The summed E-state index contributed by atoms with van der Waals surface area (Å²) in [5.74, 6) is 0.523. The van der Waals surface area contributed by atoms with Crippen molar-refractivity contribution in [3.05, 3.63) is 65.2 Å². The number of rotatable bonds is 7. The number of nitrogens with zero attached hydrogens (tertiary/aromatic N) is 3. The predicted octanol–water partition coefficient (Wildman–Crippen LogP) is 3.46. The summed E-state index contributed by atoms with van der Waals surface area (Å²) in [5.41, 5.74) is 0.361. The van der Waals surface area contributed by atoms with Gasteiger partial charge in [-0.05, 0) is 30.3 Å². The SMILES string of the molecule is O=S(=O)(Nc1cccc(OCCn2cncn2)c1)c1cc(Cl)cc(Cl)c1. The highest BCUT2D eigenvalue weighted by atomic mass is 35.5. The fourth-order valence-electron chi connectivity index (χ4n) is 2.15. The number of benzene rings is 2. The highest BCUT2D eigenvalue weighted by Gasteiger charge is 2.16. The van der Waals surface area contributed by atoms with E-state index in [0.29, 0.717) is 24.6 Å². The third-order valence-corrected chi connectivity index (χ3v) is 5.09. The summed E-state index contributed by atoms with van der Waals surface area (Å²) in [6.45, 7) is 0.889. The van der Waals surface area contributed by atoms with Gasteiger partial charge in [0.1, 0.15) is 25.0 Å². The van der Waals surface area contributed by atoms with Crippen LogP contribution in [-0.4, -0.2) is 29.8 Å². The second-order valence-electron chi connectivity index (χ2n) is 5.25. The summed E-state index contributed by atoms with van der Waals surface area (Å²) in [6, 6.07) is 10.7. The first-order chi connectivity index (χ1) is 12.4. The average molecular weight is 413 g/mol. The smallest absolute Gasteiger partial charge is 0.261 e. The van der Waals surface area contributed by atoms with Crippen molar-refractivity contribution < 1.29 is 13.2 Å². The molecule has 0 aliphatic carbocycles. The summed E-state index contributed by atoms with van der Waals surface area (Å²) in [6.07, 6.45) is 3.03. The molecule has 2 aromatic carbocycles. The standard InChI is InChI=1S/C16H14Cl2N4O3S/c17-12-6-13(18)8-16(7-12)26(23,24)21-14-2-1-3-15(9-14)25-5-4-22-11-19-10-20-22/h1-3,6-11,21H,4-5H2. The minimum Gasteiger partial charge on any atom is -0.492 e. The van der Waals surface area contributed by atoms with E-state index >= 15 is 0 Å². The maximum Gasteiger partial charge on any atom is 0.261 e. The van der Waals surface area contributed by atoms with Gasteiger partial charge in [0.25, 0.3) is 10.0 Å². The molecule has 0 amide bonds. The number of aromatic nitrogens is 3. The van der Waals surface area contributed by atoms with Crippen molar-refractivity contribution in [3.63, 3.8) is 0 Å². The molecule has 0 aliphatic rings. The molecule has 0 radical (unpaired) electrons. The van der Waals surface area contributed by atoms with Crippen LogP contribution in [0, 0.1) is 0 Å². The summed E-state index contributed by atoms with van der Waals surface area (Å²) < 4.78 is 34.7. The van der Waals surface area contributed by atoms with Gasteiger partial charge in [-0.2, -0.15) is 5.10 Å². The van der Waals surface area contributed by atoms with Gasteiger partial charge >= 0.3 is 0 Å². The molecular weight excluding hydrogens is 399 g/mol. The Bertz CT molecular complexity index is 974. The molecule has 3 aromatic rings. The molecule has 0 spiro atoms. The van der Waals surface area contributed by atoms with Crippen LogP contribution in [0.3, 0.4) is 0 Å². The molecule has 1 N–H and O–H groups in total. The van der Waals surface area contributed by atoms with Crippen LogP contribution < -0.4 is 9.46 Å². The van der Waals surface area contributed by atoms with E-state index in [0.717, 1.165) is 0 Å². The van der Waals surface area contributed by atoms with Crippen LogP contribution in [0.4, 0.5) is 5.69 Å². The van der Waals surface area contributed by atoms with Crippen molar-refractivity contribution in [3.8, 4) is 5.75 Å². The second kappa shape index (κ2) is 7.94. The highest BCUT2D eigenvalue weighted by Crippen LogP contribution is 2.25. The number of nitrogens with one attached hydrogen (secondary N) is 1. The molecule has 0 saturated heterocycles. The van der Waals surface area contributed by atoms with Gasteiger partial charge in [-0.15, -0.1) is 0 Å². The molecule has 0 aliphatic heterocycles. The summed E-state index contributed by atoms with van der Waals surface area (Å²) >= 11 is 11.8. The molecule has 26 heavy (non-hydrogen) atoms. The van der Waals surface area contributed by atoms with Gasteiger partial charge in [-0.1, -0.05) is 29.3 Å². The molecule has 0 unspecified atom stereocenters. The number of anilines is 1. The van der Waals surface area contributed by atoms with Crippen molar-refractivity contribution in [2.24, 2.45) is 0 Å². The lowest BCUT2D eigenvalue weighted by Gasteiger charge is -2.11. The monoisotopic (exact) mass is 412 g/mol. The molecule has 0 atom stereocenters. The fraction of sp³-hybridized carbons (Fsp3) is 0.125. The molecular formula is C16H14Cl2N4O3S. The average Bonchev–Trinajstić information content (AvgIpc) is 3.07. The molecule has 1 aromatic heterocycles. The largest absolute Gasteiger partial charge is 0.492 e. The van der Waals surface area contributed by atoms with E-state index in [9.17, 15) is 8.42 Å². The van der Waals surface area contributed by atoms with Gasteiger partial charge in [-0.3, -0.25) is 4.72 Å². The molecule has 10 heteroatoms. The van der Waals surface area contributed by atoms with E-state index in [1.807, 2.05) is 0 Å². The van der Waals surface area contributed by atoms with E-state index in [4.69, 9.17) is 27.9 Å². The Morgan fingerprint density at radius 2 is 1.88 bits per heavy atom. The van der Waals surface area contributed by atoms with Crippen molar-refractivity contribution in [2.45, 2.75) is 11.4 Å². The Morgan fingerprint density at radius 1 is 1.12 bits per heavy atom. The van der Waals surface area contributed by atoms with Gasteiger partial charge in [0, 0.05) is 16.1 Å². The molecule has 0 saturated carbocycles. The van der Waals surface area contributed by atoms with Crippen molar-refractivity contribution in [1.82, 2.24) is 14.8 Å². The lowest BCUT2D eigenvalue weighted by Crippen LogP contribution is -2.13. The normalized spacial score (nSPS) is 11.3. The van der Waals surface area contributed by atoms with Crippen LogP contribution in [0.15, 0.2) is 60.0 Å². The first kappa shape index (κ1) is 18.5. The van der Waals surface area contributed by atoms with Crippen molar-refractivity contribution in [2.75, 3.05) is 11.3 Å². The summed E-state index contributed by atoms with van der Waals surface area (Å²) in [7, 11) is -3.83. The fourth-order valence-corrected chi connectivity index (χ4v) is 3.93. The molecule has 0 bridgehead atoms. The summed E-state index contributed by atoms with van der Waals surface area (Å²) in [5, 5.41) is 4.45. The first-order valence-corrected chi connectivity index (χ1v) is 9.70. The van der Waals surface area contributed by atoms with E-state index < -0.39 is 10.0 Å². The van der Waals surface area contributed by atoms with E-state index in [1.54, 1.807) is 35.3 Å². The highest BCUT2D eigenvalue weighted by molar-refractivity contribution is 7.92. The van der Waals surface area contributed by atoms with E-state index in [-0.39, 0.29) is 14.9 Å². The Kier molecular flexibility index (Phi) is 5.65. The van der Waals surface area contributed by atoms with Crippen LogP contribution in [0.2, 0.25) is 10.0 Å². The Labute approximate surface area is 160 Å². The number of hydrogen-bond acceptors (Lipinski definition) is 5. The zero-order chi connectivity index (χ0) is 18.6. The van der Waals surface area contributed by atoms with Crippen LogP contribution >= 0.6 is 23.2 Å². The predicted molar refractivity (Wildman–Crippen MR) is 99.2 cm³/mol. The van der Waals surface area contributed by atoms with E-state index in [1.165, 1.54) is 24.5 Å². The van der Waals surface area contributed by atoms with Crippen molar-refractivity contribution in [1.29, 1.82) is 0 Å². The maximum absolute atomic E-state index is 12.5. The third-order valence-electron chi connectivity index (χ3n) is 3.29. The van der Waals surface area contributed by atoms with Gasteiger partial charge in [0.15, 0.2) is 0 Å². The number of hydrogen-bond donors (Lipinski definition) is 1. The van der Waals surface area contributed by atoms with Crippen LogP contribution in [0.25, 0.3) is 0 Å². The maximum atomic E-state index is 12.5. The second-order valence-corrected chi connectivity index (χ2v) is 7.80. The molecule has 1 heterocycles. The zero-order valence-corrected chi connectivity index (χ0v) is 15.7. The molecule has 7 nitrogen and oxygen atoms in total. The Hall–Kier alpha value is -2.29. The zero-order valence-electron chi connectivity index (χ0n) is 13.3. The van der Waals surface area contributed by atoms with Gasteiger partial charge in [-0.25, -0.2) is 18.1 Å². The number of halogens is 2. The third kappa shape index (κ3) is 4.87. The van der Waals surface area contributed by atoms with Gasteiger partial charge in [0.05, 0.1) is 17.1 Å². The van der Waals surface area contributed by atoms with Gasteiger partial charge < -0.3 is 4.74 Å².